The summed E-state index contributed by atoms with van der Waals surface area (Å²) in [5.41, 5.74) is 7.72. The fourth-order valence-corrected chi connectivity index (χ4v) is 1.64. The standard InChI is InChI=1S/C12H13ClN4O/c1-8-5-15-17(6-8)7-12(18)16-9-2-3-10(13)11(14)4-9/h2-6H,7,14H2,1H3,(H,16,18). The second kappa shape index (κ2) is 5.10. The first-order valence-electron chi connectivity index (χ1n) is 5.38. The first-order valence-corrected chi connectivity index (χ1v) is 5.76. The molecule has 2 rings (SSSR count). The highest BCUT2D eigenvalue weighted by atomic mass is 35.5. The Morgan fingerprint density at radius 1 is 1.56 bits per heavy atom. The van der Waals surface area contributed by atoms with Gasteiger partial charge in [0, 0.05) is 11.9 Å². The highest BCUT2D eigenvalue weighted by Crippen LogP contribution is 2.22. The quantitative estimate of drug-likeness (QED) is 0.834. The van der Waals surface area contributed by atoms with E-state index in [0.717, 1.165) is 5.56 Å². The van der Waals surface area contributed by atoms with E-state index in [-0.39, 0.29) is 12.5 Å². The molecule has 0 radical (unpaired) electrons. The van der Waals surface area contributed by atoms with Gasteiger partial charge in [-0.3, -0.25) is 9.48 Å². The molecule has 0 saturated heterocycles. The van der Waals surface area contributed by atoms with Gasteiger partial charge in [-0.1, -0.05) is 11.6 Å². The summed E-state index contributed by atoms with van der Waals surface area (Å²) >= 11 is 5.80. The molecule has 0 spiro atoms. The Morgan fingerprint density at radius 3 is 2.94 bits per heavy atom. The van der Waals surface area contributed by atoms with Crippen LogP contribution < -0.4 is 11.1 Å². The number of anilines is 2. The smallest absolute Gasteiger partial charge is 0.246 e. The van der Waals surface area contributed by atoms with Gasteiger partial charge in [-0.05, 0) is 30.7 Å². The number of hydrogen-bond donors (Lipinski definition) is 2. The van der Waals surface area contributed by atoms with E-state index in [1.54, 1.807) is 35.3 Å². The van der Waals surface area contributed by atoms with Gasteiger partial charge in [0.2, 0.25) is 5.91 Å². The number of aromatic nitrogens is 2. The third-order valence-electron chi connectivity index (χ3n) is 2.35. The van der Waals surface area contributed by atoms with Crippen LogP contribution in [0, 0.1) is 6.92 Å². The van der Waals surface area contributed by atoms with E-state index in [2.05, 4.69) is 10.4 Å². The van der Waals surface area contributed by atoms with Crippen molar-refractivity contribution in [3.63, 3.8) is 0 Å². The van der Waals surface area contributed by atoms with E-state index in [9.17, 15) is 4.79 Å². The Kier molecular flexibility index (Phi) is 3.53. The van der Waals surface area contributed by atoms with Crippen LogP contribution in [0.5, 0.6) is 0 Å². The minimum absolute atomic E-state index is 0.163. The predicted molar refractivity (Wildman–Crippen MR) is 71.5 cm³/mol. The summed E-state index contributed by atoms with van der Waals surface area (Å²) < 4.78 is 1.57. The van der Waals surface area contributed by atoms with E-state index < -0.39 is 0 Å². The van der Waals surface area contributed by atoms with Crippen molar-refractivity contribution in [2.75, 3.05) is 11.1 Å². The predicted octanol–water partition coefficient (Wildman–Crippen LogP) is 2.07. The number of rotatable bonds is 3. The second-order valence-electron chi connectivity index (χ2n) is 4.00. The van der Waals surface area contributed by atoms with E-state index >= 15 is 0 Å². The Morgan fingerprint density at radius 2 is 2.33 bits per heavy atom. The zero-order chi connectivity index (χ0) is 13.1. The first-order chi connectivity index (χ1) is 8.54. The summed E-state index contributed by atoms with van der Waals surface area (Å²) in [6, 6.07) is 4.96. The monoisotopic (exact) mass is 264 g/mol. The number of nitrogens with zero attached hydrogens (tertiary/aromatic N) is 2. The zero-order valence-electron chi connectivity index (χ0n) is 9.85. The zero-order valence-corrected chi connectivity index (χ0v) is 10.6. The molecule has 0 aliphatic heterocycles. The lowest BCUT2D eigenvalue weighted by molar-refractivity contribution is -0.116. The largest absolute Gasteiger partial charge is 0.397 e. The summed E-state index contributed by atoms with van der Waals surface area (Å²) in [6.07, 6.45) is 3.50. The molecule has 94 valence electrons. The van der Waals surface area contributed by atoms with Gasteiger partial charge in [-0.25, -0.2) is 0 Å². The maximum Gasteiger partial charge on any atom is 0.246 e. The third kappa shape index (κ3) is 3.01. The number of hydrogen-bond acceptors (Lipinski definition) is 3. The van der Waals surface area contributed by atoms with Crippen LogP contribution >= 0.6 is 11.6 Å². The number of halogens is 1. The molecule has 1 heterocycles. The van der Waals surface area contributed by atoms with Crippen molar-refractivity contribution in [2.24, 2.45) is 0 Å². The van der Waals surface area contributed by atoms with Crippen LogP contribution in [0.4, 0.5) is 11.4 Å². The van der Waals surface area contributed by atoms with Gasteiger partial charge in [0.05, 0.1) is 16.9 Å². The Bertz CT molecular complexity index is 579. The maximum atomic E-state index is 11.7. The SMILES string of the molecule is Cc1cnn(CC(=O)Nc2ccc(Cl)c(N)c2)c1. The summed E-state index contributed by atoms with van der Waals surface area (Å²) in [5.74, 6) is -0.167. The fourth-order valence-electron chi connectivity index (χ4n) is 1.52. The van der Waals surface area contributed by atoms with Gasteiger partial charge in [-0.2, -0.15) is 5.10 Å². The number of amides is 1. The van der Waals surface area contributed by atoms with Gasteiger partial charge < -0.3 is 11.1 Å². The van der Waals surface area contributed by atoms with E-state index in [0.29, 0.717) is 16.4 Å². The Labute approximate surface area is 110 Å². The van der Waals surface area contributed by atoms with E-state index in [1.807, 2.05) is 6.92 Å². The number of nitrogens with one attached hydrogen (secondary N) is 1. The van der Waals surface area contributed by atoms with Crippen molar-refractivity contribution >= 4 is 28.9 Å². The lowest BCUT2D eigenvalue weighted by Crippen LogP contribution is -2.19. The minimum Gasteiger partial charge on any atom is -0.397 e. The lowest BCUT2D eigenvalue weighted by Gasteiger charge is -2.06. The van der Waals surface area contributed by atoms with Gasteiger partial charge >= 0.3 is 0 Å². The second-order valence-corrected chi connectivity index (χ2v) is 4.41. The first kappa shape index (κ1) is 12.4. The van der Waals surface area contributed by atoms with Gasteiger partial charge in [0.15, 0.2) is 0 Å². The van der Waals surface area contributed by atoms with Crippen molar-refractivity contribution in [3.8, 4) is 0 Å². The highest BCUT2D eigenvalue weighted by molar-refractivity contribution is 6.33. The molecule has 0 fully saturated rings. The molecule has 0 aliphatic carbocycles. The Hall–Kier alpha value is -2.01. The average molecular weight is 265 g/mol. The molecule has 1 amide bonds. The average Bonchev–Trinajstić information content (AvgIpc) is 2.69. The summed E-state index contributed by atoms with van der Waals surface area (Å²) in [6.45, 7) is 2.08. The van der Waals surface area contributed by atoms with Crippen LogP contribution in [0.2, 0.25) is 5.02 Å². The van der Waals surface area contributed by atoms with E-state index in [4.69, 9.17) is 17.3 Å². The molecule has 3 N–H and O–H groups in total. The topological polar surface area (TPSA) is 72.9 Å². The number of carbonyl (C=O) groups is 1. The van der Waals surface area contributed by atoms with Crippen molar-refractivity contribution in [2.45, 2.75) is 13.5 Å². The van der Waals surface area contributed by atoms with Crippen LogP contribution in [0.1, 0.15) is 5.56 Å². The number of nitrogens with two attached hydrogens (primary N) is 1. The molecule has 2 aromatic rings. The molecule has 18 heavy (non-hydrogen) atoms. The lowest BCUT2D eigenvalue weighted by atomic mass is 10.3. The Balaban J connectivity index is 2.00. The fraction of sp³-hybridized carbons (Fsp3) is 0.167. The van der Waals surface area contributed by atoms with Gasteiger partial charge in [0.1, 0.15) is 6.54 Å². The summed E-state index contributed by atoms with van der Waals surface area (Å²) in [4.78, 5) is 11.7. The molecule has 1 aromatic carbocycles. The molecule has 6 heteroatoms. The molecule has 1 aromatic heterocycles. The third-order valence-corrected chi connectivity index (χ3v) is 2.69. The molecular formula is C12H13ClN4O. The molecule has 0 unspecified atom stereocenters. The van der Waals surface area contributed by atoms with E-state index in [1.165, 1.54) is 0 Å². The number of carbonyl (C=O) groups excluding carboxylic acids is 1. The molecule has 5 nitrogen and oxygen atoms in total. The minimum atomic E-state index is -0.167. The number of nitrogen functional groups attached to an aromatic ring is 1. The van der Waals surface area contributed by atoms with Crippen LogP contribution in [-0.2, 0) is 11.3 Å². The molecule has 0 atom stereocenters. The van der Waals surface area contributed by atoms with Crippen LogP contribution in [-0.4, -0.2) is 15.7 Å². The normalized spacial score (nSPS) is 10.3. The molecular weight excluding hydrogens is 252 g/mol. The molecule has 0 bridgehead atoms. The van der Waals surface area contributed by atoms with Crippen molar-refractivity contribution in [3.05, 3.63) is 41.2 Å². The maximum absolute atomic E-state index is 11.7. The van der Waals surface area contributed by atoms with Crippen molar-refractivity contribution in [1.29, 1.82) is 0 Å². The number of aryl methyl sites for hydroxylation is 1. The van der Waals surface area contributed by atoms with Crippen LogP contribution in [0.25, 0.3) is 0 Å². The molecule has 0 aliphatic rings. The summed E-state index contributed by atoms with van der Waals surface area (Å²) in [5, 5.41) is 7.24. The van der Waals surface area contributed by atoms with Gasteiger partial charge in [-0.15, -0.1) is 0 Å². The number of benzene rings is 1. The van der Waals surface area contributed by atoms with Crippen molar-refractivity contribution in [1.82, 2.24) is 9.78 Å². The van der Waals surface area contributed by atoms with Crippen LogP contribution in [0.15, 0.2) is 30.6 Å². The molecule has 0 saturated carbocycles. The highest BCUT2D eigenvalue weighted by Gasteiger charge is 2.05. The van der Waals surface area contributed by atoms with Crippen LogP contribution in [0.3, 0.4) is 0 Å². The summed E-state index contributed by atoms with van der Waals surface area (Å²) in [7, 11) is 0. The van der Waals surface area contributed by atoms with Crippen molar-refractivity contribution < 1.29 is 4.79 Å². The van der Waals surface area contributed by atoms with Gasteiger partial charge in [0.25, 0.3) is 0 Å².